The predicted octanol–water partition coefficient (Wildman–Crippen LogP) is 0.982. The summed E-state index contributed by atoms with van der Waals surface area (Å²) < 4.78 is 0. The van der Waals surface area contributed by atoms with Crippen molar-refractivity contribution in [3.63, 3.8) is 0 Å². The second-order valence-corrected chi connectivity index (χ2v) is 2.45. The van der Waals surface area contributed by atoms with Gasteiger partial charge in [-0.15, -0.1) is 0 Å². The average Bonchev–Trinajstić information content (AvgIpc) is 2.17. The van der Waals surface area contributed by atoms with Gasteiger partial charge in [0, 0.05) is 6.20 Å². The van der Waals surface area contributed by atoms with E-state index < -0.39 is 0 Å². The Bertz CT molecular complexity index is 399. The third-order valence-corrected chi connectivity index (χ3v) is 1.64. The summed E-state index contributed by atoms with van der Waals surface area (Å²) in [5, 5.41) is 0. The van der Waals surface area contributed by atoms with Crippen molar-refractivity contribution in [3.05, 3.63) is 24.4 Å². The third-order valence-electron chi connectivity index (χ3n) is 1.64. The molecule has 4 nitrogen and oxygen atoms in total. The largest absolute Gasteiger partial charge is 0.249 e. The van der Waals surface area contributed by atoms with E-state index >= 15 is 0 Å². The van der Waals surface area contributed by atoms with Crippen LogP contribution < -0.4 is 0 Å². The Morgan fingerprint density at radius 1 is 1.25 bits per heavy atom. The quantitative estimate of drug-likeness (QED) is 0.624. The minimum Gasteiger partial charge on any atom is -0.249 e. The van der Waals surface area contributed by atoms with Gasteiger partial charge >= 0.3 is 0 Å². The fraction of sp³-hybridized carbons (Fsp3) is 0.250. The van der Waals surface area contributed by atoms with Gasteiger partial charge in [-0.2, -0.15) is 0 Å². The molecule has 2 heterocycles. The standard InChI is InChI=1S/C8H8N4/c1-2-6-3-10-7-4-9-5-11-8(7)12-6/h3-5H,2H2,1H3. The predicted molar refractivity (Wildman–Crippen MR) is 44.5 cm³/mol. The fourth-order valence-corrected chi connectivity index (χ4v) is 0.972. The lowest BCUT2D eigenvalue weighted by Gasteiger charge is -1.96. The van der Waals surface area contributed by atoms with Gasteiger partial charge in [-0.1, -0.05) is 6.92 Å². The van der Waals surface area contributed by atoms with E-state index in [9.17, 15) is 0 Å². The molecule has 0 saturated carbocycles. The molecular formula is C8H8N4. The topological polar surface area (TPSA) is 51.6 Å². The number of rotatable bonds is 1. The van der Waals surface area contributed by atoms with Gasteiger partial charge in [0.25, 0.3) is 0 Å². The van der Waals surface area contributed by atoms with Gasteiger partial charge in [0.05, 0.1) is 11.9 Å². The van der Waals surface area contributed by atoms with Crippen molar-refractivity contribution >= 4 is 11.2 Å². The molecular weight excluding hydrogens is 152 g/mol. The zero-order valence-corrected chi connectivity index (χ0v) is 6.73. The lowest BCUT2D eigenvalue weighted by molar-refractivity contribution is 1.01. The summed E-state index contributed by atoms with van der Waals surface area (Å²) >= 11 is 0. The van der Waals surface area contributed by atoms with Crippen LogP contribution in [0.4, 0.5) is 0 Å². The Kier molecular flexibility index (Phi) is 1.66. The number of hydrogen-bond acceptors (Lipinski definition) is 4. The van der Waals surface area contributed by atoms with Crippen LogP contribution in [-0.2, 0) is 6.42 Å². The van der Waals surface area contributed by atoms with Crippen molar-refractivity contribution in [1.82, 2.24) is 19.9 Å². The molecule has 0 spiro atoms. The first-order chi connectivity index (χ1) is 5.90. The van der Waals surface area contributed by atoms with Crippen LogP contribution in [0.15, 0.2) is 18.7 Å². The molecule has 0 saturated heterocycles. The van der Waals surface area contributed by atoms with E-state index in [1.807, 2.05) is 6.92 Å². The first-order valence-corrected chi connectivity index (χ1v) is 3.82. The molecule has 2 rings (SSSR count). The highest BCUT2D eigenvalue weighted by Gasteiger charge is 1.97. The highest BCUT2D eigenvalue weighted by Crippen LogP contribution is 2.03. The summed E-state index contributed by atoms with van der Waals surface area (Å²) in [5.74, 6) is 0. The molecule has 0 aliphatic carbocycles. The molecule has 0 N–H and O–H groups in total. The molecule has 4 heteroatoms. The van der Waals surface area contributed by atoms with Crippen LogP contribution in [0.25, 0.3) is 11.2 Å². The van der Waals surface area contributed by atoms with Gasteiger partial charge in [-0.25, -0.2) is 19.9 Å². The molecule has 0 amide bonds. The summed E-state index contributed by atoms with van der Waals surface area (Å²) in [6.07, 6.45) is 5.78. The minimum absolute atomic E-state index is 0.671. The molecule has 12 heavy (non-hydrogen) atoms. The second-order valence-electron chi connectivity index (χ2n) is 2.45. The maximum atomic E-state index is 4.28. The first kappa shape index (κ1) is 7.09. The van der Waals surface area contributed by atoms with Gasteiger partial charge in [0.2, 0.25) is 0 Å². The van der Waals surface area contributed by atoms with E-state index in [0.717, 1.165) is 17.6 Å². The van der Waals surface area contributed by atoms with Crippen LogP contribution >= 0.6 is 0 Å². The summed E-state index contributed by atoms with van der Waals surface area (Å²) in [6, 6.07) is 0. The molecule has 0 aromatic carbocycles. The lowest BCUT2D eigenvalue weighted by Crippen LogP contribution is -1.93. The van der Waals surface area contributed by atoms with Gasteiger partial charge in [-0.3, -0.25) is 0 Å². The molecule has 0 atom stereocenters. The molecule has 0 radical (unpaired) electrons. The van der Waals surface area contributed by atoms with Crippen LogP contribution in [0.1, 0.15) is 12.6 Å². The van der Waals surface area contributed by atoms with E-state index in [0.29, 0.717) is 5.65 Å². The zero-order chi connectivity index (χ0) is 8.39. The van der Waals surface area contributed by atoms with E-state index in [-0.39, 0.29) is 0 Å². The maximum Gasteiger partial charge on any atom is 0.181 e. The van der Waals surface area contributed by atoms with Crippen LogP contribution in [0, 0.1) is 0 Å². The smallest absolute Gasteiger partial charge is 0.181 e. The van der Waals surface area contributed by atoms with Crippen LogP contribution in [-0.4, -0.2) is 19.9 Å². The molecule has 0 unspecified atom stereocenters. The first-order valence-electron chi connectivity index (χ1n) is 3.82. The molecule has 0 aliphatic heterocycles. The Morgan fingerprint density at radius 3 is 3.00 bits per heavy atom. The number of hydrogen-bond donors (Lipinski definition) is 0. The van der Waals surface area contributed by atoms with Crippen LogP contribution in [0.5, 0.6) is 0 Å². The minimum atomic E-state index is 0.671. The molecule has 2 aromatic rings. The normalized spacial score (nSPS) is 10.4. The summed E-state index contributed by atoms with van der Waals surface area (Å²) in [7, 11) is 0. The summed E-state index contributed by atoms with van der Waals surface area (Å²) in [5.41, 5.74) is 2.38. The SMILES string of the molecule is CCc1cnc2cncnc2n1. The van der Waals surface area contributed by atoms with Crippen molar-refractivity contribution in [3.8, 4) is 0 Å². The Hall–Kier alpha value is -1.58. The van der Waals surface area contributed by atoms with Crippen molar-refractivity contribution in [2.75, 3.05) is 0 Å². The van der Waals surface area contributed by atoms with Crippen LogP contribution in [0.3, 0.4) is 0 Å². The van der Waals surface area contributed by atoms with Crippen molar-refractivity contribution in [1.29, 1.82) is 0 Å². The average molecular weight is 160 g/mol. The van der Waals surface area contributed by atoms with E-state index in [1.54, 1.807) is 12.4 Å². The number of fused-ring (bicyclic) bond motifs is 1. The number of aromatic nitrogens is 4. The number of nitrogens with zero attached hydrogens (tertiary/aromatic N) is 4. The highest BCUT2D eigenvalue weighted by molar-refractivity contribution is 5.67. The third kappa shape index (κ3) is 1.11. The summed E-state index contributed by atoms with van der Waals surface area (Å²) in [6.45, 7) is 2.04. The molecule has 0 aliphatic rings. The Balaban J connectivity index is 2.67. The Labute approximate surface area is 69.7 Å². The monoisotopic (exact) mass is 160 g/mol. The molecule has 2 aromatic heterocycles. The van der Waals surface area contributed by atoms with Gasteiger partial charge < -0.3 is 0 Å². The second kappa shape index (κ2) is 2.81. The van der Waals surface area contributed by atoms with E-state index in [1.165, 1.54) is 6.33 Å². The van der Waals surface area contributed by atoms with Gasteiger partial charge in [0.15, 0.2) is 5.65 Å². The molecule has 0 bridgehead atoms. The Morgan fingerprint density at radius 2 is 2.17 bits per heavy atom. The lowest BCUT2D eigenvalue weighted by atomic mass is 10.3. The van der Waals surface area contributed by atoms with Crippen LogP contribution in [0.2, 0.25) is 0 Å². The van der Waals surface area contributed by atoms with Crippen molar-refractivity contribution in [2.24, 2.45) is 0 Å². The van der Waals surface area contributed by atoms with Gasteiger partial charge in [0.1, 0.15) is 11.8 Å². The molecule has 0 fully saturated rings. The van der Waals surface area contributed by atoms with E-state index in [2.05, 4.69) is 19.9 Å². The molecule has 60 valence electrons. The highest BCUT2D eigenvalue weighted by atomic mass is 14.9. The van der Waals surface area contributed by atoms with E-state index in [4.69, 9.17) is 0 Å². The summed E-state index contributed by atoms with van der Waals surface area (Å²) in [4.78, 5) is 16.3. The fourth-order valence-electron chi connectivity index (χ4n) is 0.972. The van der Waals surface area contributed by atoms with Crippen molar-refractivity contribution in [2.45, 2.75) is 13.3 Å². The zero-order valence-electron chi connectivity index (χ0n) is 6.73. The van der Waals surface area contributed by atoms with Gasteiger partial charge in [-0.05, 0) is 6.42 Å². The maximum absolute atomic E-state index is 4.28. The number of aryl methyl sites for hydroxylation is 1. The van der Waals surface area contributed by atoms with Crippen molar-refractivity contribution < 1.29 is 0 Å².